The molecule has 1 atom stereocenters. The molecule has 1 aliphatic carbocycles. The van der Waals surface area contributed by atoms with Gasteiger partial charge in [0.15, 0.2) is 0 Å². The maximum atomic E-state index is 4.54. The lowest BCUT2D eigenvalue weighted by Gasteiger charge is -2.26. The van der Waals surface area contributed by atoms with Crippen molar-refractivity contribution in [3.8, 4) is 0 Å². The van der Waals surface area contributed by atoms with Gasteiger partial charge in [-0.15, -0.1) is 11.3 Å². The molecule has 3 rings (SSSR count). The number of rotatable bonds is 4. The van der Waals surface area contributed by atoms with E-state index < -0.39 is 0 Å². The Morgan fingerprint density at radius 2 is 2.26 bits per heavy atom. The van der Waals surface area contributed by atoms with Crippen LogP contribution in [0, 0.1) is 0 Å². The topological polar surface area (TPSA) is 24.9 Å². The zero-order chi connectivity index (χ0) is 13.3. The van der Waals surface area contributed by atoms with Gasteiger partial charge in [0.05, 0.1) is 11.7 Å². The van der Waals surface area contributed by atoms with Crippen molar-refractivity contribution in [1.82, 2.24) is 10.3 Å². The van der Waals surface area contributed by atoms with E-state index in [9.17, 15) is 0 Å². The largest absolute Gasteiger partial charge is 0.308 e. The minimum atomic E-state index is 0.186. The fraction of sp³-hybridized carbons (Fsp3) is 0.438. The van der Waals surface area contributed by atoms with Crippen molar-refractivity contribution in [1.29, 1.82) is 0 Å². The van der Waals surface area contributed by atoms with Gasteiger partial charge in [0.2, 0.25) is 0 Å². The van der Waals surface area contributed by atoms with Gasteiger partial charge in [-0.3, -0.25) is 4.98 Å². The van der Waals surface area contributed by atoms with Crippen LogP contribution in [0.25, 0.3) is 0 Å². The number of nitrogens with one attached hydrogen (secondary N) is 1. The lowest BCUT2D eigenvalue weighted by atomic mass is 9.91. The SMILES string of the molecule is CC(C)(CNC1CCc2cccnc21)c1cccs1. The van der Waals surface area contributed by atoms with E-state index >= 15 is 0 Å². The minimum absolute atomic E-state index is 0.186. The summed E-state index contributed by atoms with van der Waals surface area (Å²) in [6, 6.07) is 9.03. The Labute approximate surface area is 118 Å². The first-order valence-corrected chi connectivity index (χ1v) is 7.76. The maximum Gasteiger partial charge on any atom is 0.0605 e. The molecule has 0 bridgehead atoms. The van der Waals surface area contributed by atoms with Gasteiger partial charge in [-0.2, -0.15) is 0 Å². The molecule has 0 aromatic carbocycles. The third-order valence-electron chi connectivity index (χ3n) is 3.94. The lowest BCUT2D eigenvalue weighted by Crippen LogP contribution is -2.34. The summed E-state index contributed by atoms with van der Waals surface area (Å²) in [5.41, 5.74) is 2.85. The highest BCUT2D eigenvalue weighted by Gasteiger charge is 2.27. The molecule has 2 aromatic rings. The maximum absolute atomic E-state index is 4.54. The second kappa shape index (κ2) is 5.06. The molecule has 1 N–H and O–H groups in total. The third kappa shape index (κ3) is 2.58. The first kappa shape index (κ1) is 12.8. The van der Waals surface area contributed by atoms with Gasteiger partial charge < -0.3 is 5.32 Å². The fourth-order valence-electron chi connectivity index (χ4n) is 2.74. The van der Waals surface area contributed by atoms with Crippen LogP contribution in [0.4, 0.5) is 0 Å². The summed E-state index contributed by atoms with van der Waals surface area (Å²) in [5, 5.41) is 5.87. The summed E-state index contributed by atoms with van der Waals surface area (Å²) in [7, 11) is 0. The van der Waals surface area contributed by atoms with Crippen LogP contribution in [0.2, 0.25) is 0 Å². The second-order valence-corrected chi connectivity index (χ2v) is 6.83. The van der Waals surface area contributed by atoms with Crippen molar-refractivity contribution in [2.75, 3.05) is 6.54 Å². The molecular formula is C16H20N2S. The molecule has 0 aliphatic heterocycles. The van der Waals surface area contributed by atoms with Crippen molar-refractivity contribution in [3.63, 3.8) is 0 Å². The molecule has 0 radical (unpaired) electrons. The zero-order valence-electron chi connectivity index (χ0n) is 11.5. The van der Waals surface area contributed by atoms with Gasteiger partial charge in [0.25, 0.3) is 0 Å². The Hall–Kier alpha value is -1.19. The Morgan fingerprint density at radius 1 is 1.37 bits per heavy atom. The average Bonchev–Trinajstić information content (AvgIpc) is 3.07. The molecule has 2 heterocycles. The molecule has 19 heavy (non-hydrogen) atoms. The average molecular weight is 272 g/mol. The molecule has 100 valence electrons. The van der Waals surface area contributed by atoms with E-state index in [2.05, 4.69) is 47.7 Å². The van der Waals surface area contributed by atoms with E-state index in [0.717, 1.165) is 13.0 Å². The molecule has 0 amide bonds. The van der Waals surface area contributed by atoms with Gasteiger partial charge in [0.1, 0.15) is 0 Å². The van der Waals surface area contributed by atoms with Crippen molar-refractivity contribution < 1.29 is 0 Å². The van der Waals surface area contributed by atoms with Crippen LogP contribution in [0.5, 0.6) is 0 Å². The number of hydrogen-bond donors (Lipinski definition) is 1. The zero-order valence-corrected chi connectivity index (χ0v) is 12.3. The number of pyridine rings is 1. The number of aromatic nitrogens is 1. The highest BCUT2D eigenvalue weighted by molar-refractivity contribution is 7.10. The predicted octanol–water partition coefficient (Wildman–Crippen LogP) is 3.70. The summed E-state index contributed by atoms with van der Waals surface area (Å²) in [6.45, 7) is 5.61. The van der Waals surface area contributed by atoms with Crippen molar-refractivity contribution >= 4 is 11.3 Å². The van der Waals surface area contributed by atoms with E-state index in [1.807, 2.05) is 23.6 Å². The highest BCUT2D eigenvalue weighted by Crippen LogP contribution is 2.31. The number of thiophene rings is 1. The van der Waals surface area contributed by atoms with E-state index in [4.69, 9.17) is 0 Å². The van der Waals surface area contributed by atoms with Gasteiger partial charge in [-0.25, -0.2) is 0 Å². The van der Waals surface area contributed by atoms with E-state index in [0.29, 0.717) is 6.04 Å². The normalized spacial score (nSPS) is 18.5. The van der Waals surface area contributed by atoms with Crippen LogP contribution >= 0.6 is 11.3 Å². The summed E-state index contributed by atoms with van der Waals surface area (Å²) in [6.07, 6.45) is 4.23. The minimum Gasteiger partial charge on any atom is -0.308 e. The Morgan fingerprint density at radius 3 is 3.05 bits per heavy atom. The standard InChI is InChI=1S/C16H20N2S/c1-16(2,14-6-4-10-19-14)11-18-13-8-7-12-5-3-9-17-15(12)13/h3-6,9-10,13,18H,7-8,11H2,1-2H3. The number of nitrogens with zero attached hydrogens (tertiary/aromatic N) is 1. The molecule has 2 nitrogen and oxygen atoms in total. The van der Waals surface area contributed by atoms with Crippen LogP contribution in [-0.4, -0.2) is 11.5 Å². The molecule has 0 fully saturated rings. The van der Waals surface area contributed by atoms with E-state index in [1.54, 1.807) is 0 Å². The van der Waals surface area contributed by atoms with Crippen LogP contribution < -0.4 is 5.32 Å². The van der Waals surface area contributed by atoms with Gasteiger partial charge in [-0.05, 0) is 35.9 Å². The van der Waals surface area contributed by atoms with E-state index in [1.165, 1.54) is 22.6 Å². The number of aryl methyl sites for hydroxylation is 1. The Bertz CT molecular complexity index is 546. The molecule has 3 heteroatoms. The Kier molecular flexibility index (Phi) is 3.42. The van der Waals surface area contributed by atoms with Crippen LogP contribution in [0.3, 0.4) is 0 Å². The summed E-state index contributed by atoms with van der Waals surface area (Å²) in [4.78, 5) is 5.99. The number of hydrogen-bond acceptors (Lipinski definition) is 3. The monoisotopic (exact) mass is 272 g/mol. The lowest BCUT2D eigenvalue weighted by molar-refractivity contribution is 0.422. The quantitative estimate of drug-likeness (QED) is 0.918. The molecule has 1 unspecified atom stereocenters. The molecule has 0 spiro atoms. The van der Waals surface area contributed by atoms with Gasteiger partial charge >= 0.3 is 0 Å². The molecule has 2 aromatic heterocycles. The highest BCUT2D eigenvalue weighted by atomic mass is 32.1. The first-order chi connectivity index (χ1) is 9.17. The molecule has 0 saturated heterocycles. The van der Waals surface area contributed by atoms with Crippen LogP contribution in [0.1, 0.15) is 42.4 Å². The summed E-state index contributed by atoms with van der Waals surface area (Å²) < 4.78 is 0. The van der Waals surface area contributed by atoms with Crippen LogP contribution in [-0.2, 0) is 11.8 Å². The van der Waals surface area contributed by atoms with Gasteiger partial charge in [-0.1, -0.05) is 26.0 Å². The predicted molar refractivity (Wildman–Crippen MR) is 80.6 cm³/mol. The third-order valence-corrected chi connectivity index (χ3v) is 5.17. The summed E-state index contributed by atoms with van der Waals surface area (Å²) in [5.74, 6) is 0. The fourth-order valence-corrected chi connectivity index (χ4v) is 3.59. The summed E-state index contributed by atoms with van der Waals surface area (Å²) >= 11 is 1.84. The van der Waals surface area contributed by atoms with E-state index in [-0.39, 0.29) is 5.41 Å². The molecule has 0 saturated carbocycles. The Balaban J connectivity index is 1.68. The van der Waals surface area contributed by atoms with Gasteiger partial charge in [0, 0.05) is 23.0 Å². The first-order valence-electron chi connectivity index (χ1n) is 6.88. The second-order valence-electron chi connectivity index (χ2n) is 5.88. The smallest absolute Gasteiger partial charge is 0.0605 e. The van der Waals surface area contributed by atoms with Crippen molar-refractivity contribution in [2.24, 2.45) is 0 Å². The molecule has 1 aliphatic rings. The van der Waals surface area contributed by atoms with Crippen molar-refractivity contribution in [2.45, 2.75) is 38.1 Å². The van der Waals surface area contributed by atoms with Crippen molar-refractivity contribution in [3.05, 3.63) is 52.0 Å². The van der Waals surface area contributed by atoms with Crippen LogP contribution in [0.15, 0.2) is 35.8 Å². The number of fused-ring (bicyclic) bond motifs is 1. The molecular weight excluding hydrogens is 252 g/mol.